The van der Waals surface area contributed by atoms with Crippen LogP contribution in [0.25, 0.3) is 0 Å². The minimum Gasteiger partial charge on any atom is -0.507 e. The third-order valence-electron chi connectivity index (χ3n) is 2.26. The molecule has 0 saturated carbocycles. The molecule has 2 rings (SSSR count). The van der Waals surface area contributed by atoms with E-state index in [1.807, 2.05) is 4.72 Å². The number of nitrogens with zero attached hydrogens (tertiary/aromatic N) is 2. The van der Waals surface area contributed by atoms with Gasteiger partial charge in [-0.2, -0.15) is 4.98 Å². The van der Waals surface area contributed by atoms with Gasteiger partial charge in [-0.3, -0.25) is 0 Å². The fourth-order valence-corrected chi connectivity index (χ4v) is 2.32. The highest BCUT2D eigenvalue weighted by Crippen LogP contribution is 2.22. The van der Waals surface area contributed by atoms with Crippen LogP contribution in [0.1, 0.15) is 16.2 Å². The summed E-state index contributed by atoms with van der Waals surface area (Å²) in [6, 6.07) is 2.50. The zero-order valence-electron chi connectivity index (χ0n) is 10.1. The van der Waals surface area contributed by atoms with Crippen LogP contribution in [0.3, 0.4) is 0 Å². The maximum absolute atomic E-state index is 12.0. The molecule has 1 aromatic heterocycles. The summed E-state index contributed by atoms with van der Waals surface area (Å²) in [4.78, 5) is 14.2. The van der Waals surface area contributed by atoms with Crippen molar-refractivity contribution in [2.24, 2.45) is 0 Å². The van der Waals surface area contributed by atoms with Crippen molar-refractivity contribution in [1.29, 1.82) is 0 Å². The van der Waals surface area contributed by atoms with Crippen molar-refractivity contribution >= 4 is 22.0 Å². The first kappa shape index (κ1) is 13.8. The molecule has 10 heteroatoms. The molecule has 0 aliphatic rings. The number of aromatic carboxylic acids is 1. The highest BCUT2D eigenvalue weighted by Gasteiger charge is 2.21. The molecule has 0 saturated heterocycles. The van der Waals surface area contributed by atoms with E-state index in [9.17, 15) is 18.3 Å². The van der Waals surface area contributed by atoms with E-state index in [2.05, 4.69) is 14.7 Å². The van der Waals surface area contributed by atoms with E-state index in [1.165, 1.54) is 6.92 Å². The van der Waals surface area contributed by atoms with Crippen LogP contribution in [0.2, 0.25) is 0 Å². The van der Waals surface area contributed by atoms with Gasteiger partial charge in [0.1, 0.15) is 11.3 Å². The second-order valence-corrected chi connectivity index (χ2v) is 5.42. The Balaban J connectivity index is 2.39. The third-order valence-corrected chi connectivity index (χ3v) is 3.58. The SMILES string of the molecule is Cc1noc(NS(=O)(=O)c2ccc(O)c(C(=O)O)c2)n1. The zero-order chi connectivity index (χ0) is 14.9. The molecule has 3 N–H and O–H groups in total. The van der Waals surface area contributed by atoms with Crippen molar-refractivity contribution in [2.75, 3.05) is 4.72 Å². The van der Waals surface area contributed by atoms with E-state index < -0.39 is 27.3 Å². The van der Waals surface area contributed by atoms with E-state index in [0.29, 0.717) is 0 Å². The van der Waals surface area contributed by atoms with Gasteiger partial charge in [-0.25, -0.2) is 17.9 Å². The molecule has 0 spiro atoms. The van der Waals surface area contributed by atoms with Crippen LogP contribution in [0, 0.1) is 6.92 Å². The van der Waals surface area contributed by atoms with Crippen molar-refractivity contribution < 1.29 is 27.9 Å². The molecular weight excluding hydrogens is 290 g/mol. The number of aryl methyl sites for hydroxylation is 1. The number of carbonyl (C=O) groups is 1. The van der Waals surface area contributed by atoms with Crippen molar-refractivity contribution in [1.82, 2.24) is 10.1 Å². The van der Waals surface area contributed by atoms with Crippen LogP contribution >= 0.6 is 0 Å². The first-order chi connectivity index (χ1) is 9.29. The number of carboxylic acids is 1. The number of rotatable bonds is 4. The molecule has 0 amide bonds. The smallest absolute Gasteiger partial charge is 0.339 e. The lowest BCUT2D eigenvalue weighted by molar-refractivity contribution is 0.0693. The van der Waals surface area contributed by atoms with Crippen molar-refractivity contribution in [3.63, 3.8) is 0 Å². The highest BCUT2D eigenvalue weighted by molar-refractivity contribution is 7.92. The van der Waals surface area contributed by atoms with Gasteiger partial charge in [0.15, 0.2) is 5.82 Å². The maximum atomic E-state index is 12.0. The van der Waals surface area contributed by atoms with Crippen molar-refractivity contribution in [3.8, 4) is 5.75 Å². The Bertz CT molecular complexity index is 767. The Morgan fingerprint density at radius 3 is 2.65 bits per heavy atom. The fraction of sp³-hybridized carbons (Fsp3) is 0.100. The maximum Gasteiger partial charge on any atom is 0.339 e. The molecular formula is C10H9N3O6S. The van der Waals surface area contributed by atoms with Gasteiger partial charge in [0.25, 0.3) is 10.0 Å². The lowest BCUT2D eigenvalue weighted by Gasteiger charge is -2.06. The molecule has 0 aliphatic carbocycles. The number of aromatic hydroxyl groups is 1. The van der Waals surface area contributed by atoms with E-state index in [-0.39, 0.29) is 16.7 Å². The van der Waals surface area contributed by atoms with E-state index in [0.717, 1.165) is 18.2 Å². The molecule has 2 aromatic rings. The number of hydrogen-bond acceptors (Lipinski definition) is 7. The summed E-state index contributed by atoms with van der Waals surface area (Å²) in [6.45, 7) is 1.50. The zero-order valence-corrected chi connectivity index (χ0v) is 10.9. The number of carboxylic acid groups (broad SMARTS) is 1. The van der Waals surface area contributed by atoms with Crippen LogP contribution in [-0.2, 0) is 10.0 Å². The summed E-state index contributed by atoms with van der Waals surface area (Å²) in [5, 5.41) is 21.6. The molecule has 1 aromatic carbocycles. The van der Waals surface area contributed by atoms with Gasteiger partial charge in [-0.15, -0.1) is 0 Å². The molecule has 0 radical (unpaired) electrons. The summed E-state index contributed by atoms with van der Waals surface area (Å²) in [5.41, 5.74) is -0.533. The summed E-state index contributed by atoms with van der Waals surface area (Å²) in [7, 11) is -4.09. The summed E-state index contributed by atoms with van der Waals surface area (Å²) < 4.78 is 30.6. The Labute approximate surface area is 112 Å². The monoisotopic (exact) mass is 299 g/mol. The van der Waals surface area contributed by atoms with Gasteiger partial charge in [0.05, 0.1) is 4.90 Å². The van der Waals surface area contributed by atoms with E-state index in [4.69, 9.17) is 5.11 Å². The summed E-state index contributed by atoms with van der Waals surface area (Å²) in [6.07, 6.45) is 0. The van der Waals surface area contributed by atoms with Crippen LogP contribution in [-0.4, -0.2) is 34.7 Å². The van der Waals surface area contributed by atoms with Gasteiger partial charge in [-0.05, 0) is 25.1 Å². The third kappa shape index (κ3) is 2.69. The Morgan fingerprint density at radius 1 is 1.40 bits per heavy atom. The predicted molar refractivity (Wildman–Crippen MR) is 64.9 cm³/mol. The van der Waals surface area contributed by atoms with Gasteiger partial charge in [0, 0.05) is 0 Å². The first-order valence-electron chi connectivity index (χ1n) is 5.19. The second-order valence-electron chi connectivity index (χ2n) is 3.74. The van der Waals surface area contributed by atoms with Gasteiger partial charge in [-0.1, -0.05) is 5.16 Å². The van der Waals surface area contributed by atoms with Gasteiger partial charge < -0.3 is 14.7 Å². The highest BCUT2D eigenvalue weighted by atomic mass is 32.2. The lowest BCUT2D eigenvalue weighted by atomic mass is 10.2. The number of hydrogen-bond donors (Lipinski definition) is 3. The molecule has 9 nitrogen and oxygen atoms in total. The Morgan fingerprint density at radius 2 is 2.10 bits per heavy atom. The normalized spacial score (nSPS) is 11.2. The van der Waals surface area contributed by atoms with Gasteiger partial charge >= 0.3 is 12.0 Å². The molecule has 0 aliphatic heterocycles. The summed E-state index contributed by atoms with van der Waals surface area (Å²) in [5.74, 6) is -1.75. The van der Waals surface area contributed by atoms with Crippen LogP contribution in [0.5, 0.6) is 5.75 Å². The topological polar surface area (TPSA) is 143 Å². The van der Waals surface area contributed by atoms with Crippen LogP contribution in [0.15, 0.2) is 27.6 Å². The average Bonchev–Trinajstić information content (AvgIpc) is 2.73. The largest absolute Gasteiger partial charge is 0.507 e. The molecule has 20 heavy (non-hydrogen) atoms. The van der Waals surface area contributed by atoms with Crippen LogP contribution in [0.4, 0.5) is 6.01 Å². The molecule has 1 heterocycles. The quantitative estimate of drug-likeness (QED) is 0.744. The molecule has 0 fully saturated rings. The number of benzene rings is 1. The number of nitrogens with one attached hydrogen (secondary N) is 1. The number of anilines is 1. The van der Waals surface area contributed by atoms with Crippen LogP contribution < -0.4 is 4.72 Å². The summed E-state index contributed by atoms with van der Waals surface area (Å²) >= 11 is 0. The van der Waals surface area contributed by atoms with E-state index >= 15 is 0 Å². The molecule has 0 atom stereocenters. The minimum absolute atomic E-state index is 0.236. The predicted octanol–water partition coefficient (Wildman–Crippen LogP) is 0.583. The first-order valence-corrected chi connectivity index (χ1v) is 6.67. The average molecular weight is 299 g/mol. The Hall–Kier alpha value is -2.62. The fourth-order valence-electron chi connectivity index (χ4n) is 1.37. The number of aromatic nitrogens is 2. The molecule has 0 bridgehead atoms. The van der Waals surface area contributed by atoms with Gasteiger partial charge in [0.2, 0.25) is 0 Å². The second kappa shape index (κ2) is 4.81. The van der Waals surface area contributed by atoms with Crippen molar-refractivity contribution in [2.45, 2.75) is 11.8 Å². The minimum atomic E-state index is -4.09. The standard InChI is InChI=1S/C10H9N3O6S/c1-5-11-10(19-12-5)13-20(17,18)6-2-3-8(14)7(4-6)9(15)16/h2-4,14H,1H3,(H,15,16)(H,11,12,13). The van der Waals surface area contributed by atoms with Crippen molar-refractivity contribution in [3.05, 3.63) is 29.6 Å². The Kier molecular flexibility index (Phi) is 3.32. The number of sulfonamides is 1. The van der Waals surface area contributed by atoms with E-state index in [1.54, 1.807) is 0 Å². The number of phenols is 1. The molecule has 106 valence electrons. The lowest BCUT2D eigenvalue weighted by Crippen LogP contribution is -2.14. The molecule has 0 unspecified atom stereocenters.